The van der Waals surface area contributed by atoms with Crippen LogP contribution in [-0.4, -0.2) is 15.0 Å². The van der Waals surface area contributed by atoms with Gasteiger partial charge in [-0.1, -0.05) is 20.8 Å². The Morgan fingerprint density at radius 3 is 2.59 bits per heavy atom. The van der Waals surface area contributed by atoms with Crippen LogP contribution in [-0.2, 0) is 0 Å². The quantitative estimate of drug-likeness (QED) is 0.887. The summed E-state index contributed by atoms with van der Waals surface area (Å²) in [7, 11) is 0. The SMILES string of the molecule is CC(C)(C)C(N)c1nc(-c2cnccn2)cs1. The van der Waals surface area contributed by atoms with E-state index in [1.165, 1.54) is 0 Å². The van der Waals surface area contributed by atoms with Gasteiger partial charge >= 0.3 is 0 Å². The van der Waals surface area contributed by atoms with E-state index in [1.807, 2.05) is 5.38 Å². The fourth-order valence-corrected chi connectivity index (χ4v) is 2.41. The topological polar surface area (TPSA) is 64.7 Å². The minimum atomic E-state index is -0.0575. The van der Waals surface area contributed by atoms with Gasteiger partial charge in [-0.3, -0.25) is 9.97 Å². The highest BCUT2D eigenvalue weighted by Crippen LogP contribution is 2.33. The molecule has 0 aliphatic heterocycles. The van der Waals surface area contributed by atoms with Crippen LogP contribution in [0.1, 0.15) is 31.8 Å². The minimum Gasteiger partial charge on any atom is -0.322 e. The van der Waals surface area contributed by atoms with Crippen LogP contribution >= 0.6 is 11.3 Å². The Bertz CT molecular complexity index is 487. The molecule has 2 aromatic rings. The molecule has 0 aliphatic carbocycles. The number of nitrogens with zero attached hydrogens (tertiary/aromatic N) is 3. The average Bonchev–Trinajstić information content (AvgIpc) is 2.77. The molecular weight excluding hydrogens is 232 g/mol. The molecule has 0 saturated carbocycles. The lowest BCUT2D eigenvalue weighted by molar-refractivity contribution is 0.326. The number of rotatable bonds is 2. The van der Waals surface area contributed by atoms with Crippen molar-refractivity contribution in [3.8, 4) is 11.4 Å². The fraction of sp³-hybridized carbons (Fsp3) is 0.417. The van der Waals surface area contributed by atoms with Crippen LogP contribution in [0.3, 0.4) is 0 Å². The molecule has 0 bridgehead atoms. The molecule has 0 aliphatic rings. The molecule has 0 spiro atoms. The Morgan fingerprint density at radius 2 is 2.00 bits per heavy atom. The first kappa shape index (κ1) is 12.1. The van der Waals surface area contributed by atoms with E-state index < -0.39 is 0 Å². The monoisotopic (exact) mass is 248 g/mol. The molecule has 0 amide bonds. The van der Waals surface area contributed by atoms with Gasteiger partial charge in [0.2, 0.25) is 0 Å². The molecule has 17 heavy (non-hydrogen) atoms. The van der Waals surface area contributed by atoms with Crippen molar-refractivity contribution in [3.05, 3.63) is 29.0 Å². The molecule has 2 aromatic heterocycles. The second-order valence-corrected chi connectivity index (χ2v) is 5.90. The summed E-state index contributed by atoms with van der Waals surface area (Å²) in [5.74, 6) is 0. The Balaban J connectivity index is 2.28. The van der Waals surface area contributed by atoms with Crippen molar-refractivity contribution in [2.75, 3.05) is 0 Å². The summed E-state index contributed by atoms with van der Waals surface area (Å²) < 4.78 is 0. The number of aromatic nitrogens is 3. The van der Waals surface area contributed by atoms with Crippen LogP contribution in [0.15, 0.2) is 24.0 Å². The van der Waals surface area contributed by atoms with Crippen molar-refractivity contribution in [1.82, 2.24) is 15.0 Å². The van der Waals surface area contributed by atoms with Crippen molar-refractivity contribution < 1.29 is 0 Å². The molecule has 0 aromatic carbocycles. The van der Waals surface area contributed by atoms with Gasteiger partial charge in [-0.2, -0.15) is 0 Å². The van der Waals surface area contributed by atoms with Gasteiger partial charge in [0.15, 0.2) is 0 Å². The molecule has 2 rings (SSSR count). The number of nitrogens with two attached hydrogens (primary N) is 1. The van der Waals surface area contributed by atoms with Gasteiger partial charge in [0.05, 0.1) is 12.2 Å². The fourth-order valence-electron chi connectivity index (χ4n) is 1.35. The second kappa shape index (κ2) is 4.50. The molecule has 0 saturated heterocycles. The summed E-state index contributed by atoms with van der Waals surface area (Å²) in [5.41, 5.74) is 7.82. The Labute approximate surface area is 105 Å². The summed E-state index contributed by atoms with van der Waals surface area (Å²) in [6, 6.07) is -0.0575. The predicted octanol–water partition coefficient (Wildman–Crippen LogP) is 2.65. The highest BCUT2D eigenvalue weighted by molar-refractivity contribution is 7.10. The third-order valence-corrected chi connectivity index (χ3v) is 3.47. The lowest BCUT2D eigenvalue weighted by atomic mass is 9.88. The first-order valence-corrected chi connectivity index (χ1v) is 6.34. The zero-order chi connectivity index (χ0) is 12.5. The highest BCUT2D eigenvalue weighted by atomic mass is 32.1. The van der Waals surface area contributed by atoms with Gasteiger partial charge in [-0.25, -0.2) is 4.98 Å². The number of hydrogen-bond donors (Lipinski definition) is 1. The number of thiazole rings is 1. The number of hydrogen-bond acceptors (Lipinski definition) is 5. The molecule has 90 valence electrons. The van der Waals surface area contributed by atoms with Gasteiger partial charge in [0.25, 0.3) is 0 Å². The van der Waals surface area contributed by atoms with E-state index in [0.717, 1.165) is 16.4 Å². The Hall–Kier alpha value is -1.33. The van der Waals surface area contributed by atoms with Crippen LogP contribution in [0.4, 0.5) is 0 Å². The van der Waals surface area contributed by atoms with Crippen LogP contribution in [0.2, 0.25) is 0 Å². The second-order valence-electron chi connectivity index (χ2n) is 5.01. The van der Waals surface area contributed by atoms with Gasteiger partial charge in [-0.15, -0.1) is 11.3 Å². The van der Waals surface area contributed by atoms with Crippen molar-refractivity contribution in [1.29, 1.82) is 0 Å². The van der Waals surface area contributed by atoms with E-state index in [1.54, 1.807) is 29.9 Å². The minimum absolute atomic E-state index is 0.0114. The zero-order valence-electron chi connectivity index (χ0n) is 10.2. The van der Waals surface area contributed by atoms with Crippen LogP contribution in [0, 0.1) is 5.41 Å². The molecule has 0 radical (unpaired) electrons. The maximum absolute atomic E-state index is 6.18. The zero-order valence-corrected chi connectivity index (χ0v) is 11.0. The van der Waals surface area contributed by atoms with Gasteiger partial charge in [-0.05, 0) is 5.41 Å². The van der Waals surface area contributed by atoms with Crippen LogP contribution < -0.4 is 5.73 Å². The van der Waals surface area contributed by atoms with E-state index in [-0.39, 0.29) is 11.5 Å². The van der Waals surface area contributed by atoms with Gasteiger partial charge < -0.3 is 5.73 Å². The summed E-state index contributed by atoms with van der Waals surface area (Å²) in [6.07, 6.45) is 5.02. The molecule has 1 atom stereocenters. The molecule has 2 heterocycles. The summed E-state index contributed by atoms with van der Waals surface area (Å²) in [5, 5.41) is 2.92. The normalized spacial score (nSPS) is 13.6. The maximum Gasteiger partial charge on any atom is 0.111 e. The van der Waals surface area contributed by atoms with Crippen LogP contribution in [0.5, 0.6) is 0 Å². The van der Waals surface area contributed by atoms with Gasteiger partial charge in [0, 0.05) is 17.8 Å². The molecule has 0 fully saturated rings. The van der Waals surface area contributed by atoms with Crippen molar-refractivity contribution >= 4 is 11.3 Å². The third kappa shape index (κ3) is 2.68. The molecule has 5 heteroatoms. The van der Waals surface area contributed by atoms with E-state index >= 15 is 0 Å². The average molecular weight is 248 g/mol. The Kier molecular flexibility index (Phi) is 3.22. The lowest BCUT2D eigenvalue weighted by Gasteiger charge is -2.24. The van der Waals surface area contributed by atoms with Gasteiger partial charge in [0.1, 0.15) is 16.4 Å². The molecule has 1 unspecified atom stereocenters. The van der Waals surface area contributed by atoms with Crippen LogP contribution in [0.25, 0.3) is 11.4 Å². The largest absolute Gasteiger partial charge is 0.322 e. The smallest absolute Gasteiger partial charge is 0.111 e. The van der Waals surface area contributed by atoms with E-state index in [4.69, 9.17) is 5.73 Å². The molecule has 4 nitrogen and oxygen atoms in total. The van der Waals surface area contributed by atoms with E-state index in [0.29, 0.717) is 0 Å². The third-order valence-electron chi connectivity index (χ3n) is 2.55. The predicted molar refractivity (Wildman–Crippen MR) is 69.5 cm³/mol. The maximum atomic E-state index is 6.18. The summed E-state index contributed by atoms with van der Waals surface area (Å²) >= 11 is 1.58. The summed E-state index contributed by atoms with van der Waals surface area (Å²) in [6.45, 7) is 6.34. The lowest BCUT2D eigenvalue weighted by Crippen LogP contribution is -2.26. The van der Waals surface area contributed by atoms with Crippen molar-refractivity contribution in [2.24, 2.45) is 11.1 Å². The first-order chi connectivity index (χ1) is 7.98. The summed E-state index contributed by atoms with van der Waals surface area (Å²) in [4.78, 5) is 12.8. The molecular formula is C12H16N4S. The van der Waals surface area contributed by atoms with E-state index in [9.17, 15) is 0 Å². The Morgan fingerprint density at radius 1 is 1.24 bits per heavy atom. The van der Waals surface area contributed by atoms with E-state index in [2.05, 4.69) is 35.7 Å². The standard InChI is InChI=1S/C12H16N4S/c1-12(2,3)10(13)11-16-9(7-17-11)8-6-14-4-5-15-8/h4-7,10H,13H2,1-3H3. The van der Waals surface area contributed by atoms with Crippen molar-refractivity contribution in [2.45, 2.75) is 26.8 Å². The molecule has 2 N–H and O–H groups in total. The first-order valence-electron chi connectivity index (χ1n) is 5.46. The highest BCUT2D eigenvalue weighted by Gasteiger charge is 2.25. The van der Waals surface area contributed by atoms with Crippen molar-refractivity contribution in [3.63, 3.8) is 0 Å².